The number of hydrogen-bond donors (Lipinski definition) is 1. The van der Waals surface area contributed by atoms with Crippen molar-refractivity contribution in [2.24, 2.45) is 11.7 Å². The standard InChI is InChI=1S/C13H17IN2O.ClH/c1-9-5-10(7-15)8-16(9)13(17)11-3-2-4-12(14)6-11;/h2-4,6,9-10H,5,7-8,15H2,1H3;1H. The fourth-order valence-electron chi connectivity index (χ4n) is 2.38. The van der Waals surface area contributed by atoms with E-state index in [2.05, 4.69) is 29.5 Å². The lowest BCUT2D eigenvalue weighted by molar-refractivity contribution is 0.0743. The van der Waals surface area contributed by atoms with Gasteiger partial charge in [-0.1, -0.05) is 6.07 Å². The van der Waals surface area contributed by atoms with Crippen LogP contribution in [0.1, 0.15) is 23.7 Å². The van der Waals surface area contributed by atoms with Gasteiger partial charge in [0.2, 0.25) is 0 Å². The molecule has 18 heavy (non-hydrogen) atoms. The number of benzene rings is 1. The summed E-state index contributed by atoms with van der Waals surface area (Å²) in [5.74, 6) is 0.587. The van der Waals surface area contributed by atoms with Gasteiger partial charge < -0.3 is 10.6 Å². The summed E-state index contributed by atoms with van der Waals surface area (Å²) >= 11 is 2.23. The maximum absolute atomic E-state index is 12.4. The van der Waals surface area contributed by atoms with Gasteiger partial charge in [0.15, 0.2) is 0 Å². The van der Waals surface area contributed by atoms with Crippen LogP contribution in [-0.4, -0.2) is 29.9 Å². The van der Waals surface area contributed by atoms with Crippen molar-refractivity contribution >= 4 is 40.9 Å². The molecule has 100 valence electrons. The minimum Gasteiger partial charge on any atom is -0.336 e. The molecule has 1 fully saturated rings. The Morgan fingerprint density at radius 2 is 2.28 bits per heavy atom. The second-order valence-electron chi connectivity index (χ2n) is 4.65. The Morgan fingerprint density at radius 3 is 2.83 bits per heavy atom. The highest BCUT2D eigenvalue weighted by atomic mass is 127. The normalized spacial score (nSPS) is 22.7. The summed E-state index contributed by atoms with van der Waals surface area (Å²) < 4.78 is 1.09. The molecule has 0 aromatic heterocycles. The van der Waals surface area contributed by atoms with Crippen LogP contribution in [0, 0.1) is 9.49 Å². The number of hydrogen-bond acceptors (Lipinski definition) is 2. The third kappa shape index (κ3) is 3.36. The molecule has 1 heterocycles. The van der Waals surface area contributed by atoms with Gasteiger partial charge in [-0.15, -0.1) is 12.4 Å². The quantitative estimate of drug-likeness (QED) is 0.802. The Bertz CT molecular complexity index is 427. The first-order valence-corrected chi connectivity index (χ1v) is 6.96. The van der Waals surface area contributed by atoms with Crippen LogP contribution in [0.3, 0.4) is 0 Å². The lowest BCUT2D eigenvalue weighted by Gasteiger charge is -2.21. The number of carbonyl (C=O) groups excluding carboxylic acids is 1. The molecule has 1 aromatic rings. The lowest BCUT2D eigenvalue weighted by atomic mass is 10.1. The molecule has 0 spiro atoms. The fourth-order valence-corrected chi connectivity index (χ4v) is 2.93. The number of carbonyl (C=O) groups is 1. The predicted octanol–water partition coefficient (Wildman–Crippen LogP) is 2.52. The van der Waals surface area contributed by atoms with Gasteiger partial charge in [0, 0.05) is 21.7 Å². The molecule has 0 radical (unpaired) electrons. The molecule has 2 atom stereocenters. The summed E-state index contributed by atoms with van der Waals surface area (Å²) in [6, 6.07) is 8.04. The van der Waals surface area contributed by atoms with E-state index in [-0.39, 0.29) is 18.3 Å². The second-order valence-corrected chi connectivity index (χ2v) is 5.90. The Balaban J connectivity index is 0.00000162. The van der Waals surface area contributed by atoms with Crippen LogP contribution in [-0.2, 0) is 0 Å². The summed E-state index contributed by atoms with van der Waals surface area (Å²) in [6.45, 7) is 3.56. The zero-order valence-electron chi connectivity index (χ0n) is 10.3. The van der Waals surface area contributed by atoms with Crippen molar-refractivity contribution in [2.45, 2.75) is 19.4 Å². The van der Waals surface area contributed by atoms with Crippen molar-refractivity contribution < 1.29 is 4.79 Å². The Kier molecular flexibility index (Phi) is 5.88. The van der Waals surface area contributed by atoms with E-state index in [9.17, 15) is 4.79 Å². The van der Waals surface area contributed by atoms with Gasteiger partial charge in [0.05, 0.1) is 0 Å². The topological polar surface area (TPSA) is 46.3 Å². The van der Waals surface area contributed by atoms with Gasteiger partial charge in [-0.25, -0.2) is 0 Å². The molecular formula is C13H18ClIN2O. The second kappa shape index (κ2) is 6.73. The van der Waals surface area contributed by atoms with Crippen molar-refractivity contribution in [1.29, 1.82) is 0 Å². The van der Waals surface area contributed by atoms with Crippen LogP contribution in [0.2, 0.25) is 0 Å². The van der Waals surface area contributed by atoms with Crippen LogP contribution in [0.15, 0.2) is 24.3 Å². The Hall–Kier alpha value is -0.330. The third-order valence-electron chi connectivity index (χ3n) is 3.33. The SMILES string of the molecule is CC1CC(CN)CN1C(=O)c1cccc(I)c1.Cl. The molecule has 1 saturated heterocycles. The fraction of sp³-hybridized carbons (Fsp3) is 0.462. The van der Waals surface area contributed by atoms with Crippen LogP contribution >= 0.6 is 35.0 Å². The molecule has 2 N–H and O–H groups in total. The van der Waals surface area contributed by atoms with Crippen molar-refractivity contribution in [2.75, 3.05) is 13.1 Å². The van der Waals surface area contributed by atoms with Crippen molar-refractivity contribution in [1.82, 2.24) is 4.90 Å². The Labute approximate surface area is 128 Å². The van der Waals surface area contributed by atoms with Gasteiger partial charge in [-0.2, -0.15) is 0 Å². The minimum atomic E-state index is 0. The zero-order valence-corrected chi connectivity index (χ0v) is 13.3. The highest BCUT2D eigenvalue weighted by molar-refractivity contribution is 14.1. The average molecular weight is 381 g/mol. The van der Waals surface area contributed by atoms with Crippen molar-refractivity contribution in [3.05, 3.63) is 33.4 Å². The molecule has 0 bridgehead atoms. The summed E-state index contributed by atoms with van der Waals surface area (Å²) in [4.78, 5) is 14.3. The smallest absolute Gasteiger partial charge is 0.254 e. The van der Waals surface area contributed by atoms with Gasteiger partial charge in [0.25, 0.3) is 5.91 Å². The molecule has 3 nitrogen and oxygen atoms in total. The first-order valence-electron chi connectivity index (χ1n) is 5.88. The van der Waals surface area contributed by atoms with E-state index in [0.29, 0.717) is 18.5 Å². The monoisotopic (exact) mass is 380 g/mol. The number of nitrogens with two attached hydrogens (primary N) is 1. The number of rotatable bonds is 2. The minimum absolute atomic E-state index is 0. The molecule has 5 heteroatoms. The van der Waals surface area contributed by atoms with Crippen molar-refractivity contribution in [3.63, 3.8) is 0 Å². The van der Waals surface area contributed by atoms with Gasteiger partial charge in [0.1, 0.15) is 0 Å². The molecule has 0 aliphatic carbocycles. The maximum Gasteiger partial charge on any atom is 0.254 e. The first-order chi connectivity index (χ1) is 8.11. The van der Waals surface area contributed by atoms with E-state index in [1.54, 1.807) is 0 Å². The molecule has 0 saturated carbocycles. The van der Waals surface area contributed by atoms with E-state index in [4.69, 9.17) is 5.73 Å². The van der Waals surface area contributed by atoms with E-state index >= 15 is 0 Å². The highest BCUT2D eigenvalue weighted by Gasteiger charge is 2.31. The van der Waals surface area contributed by atoms with Crippen LogP contribution in [0.4, 0.5) is 0 Å². The molecule has 1 aromatic carbocycles. The molecule has 1 aliphatic heterocycles. The maximum atomic E-state index is 12.4. The predicted molar refractivity (Wildman–Crippen MR) is 84.1 cm³/mol. The number of halogens is 2. The van der Waals surface area contributed by atoms with E-state index in [1.165, 1.54) is 0 Å². The van der Waals surface area contributed by atoms with Gasteiger partial charge in [-0.05, 0) is 66.6 Å². The van der Waals surface area contributed by atoms with Gasteiger partial charge >= 0.3 is 0 Å². The molecule has 2 rings (SSSR count). The van der Waals surface area contributed by atoms with Gasteiger partial charge in [-0.3, -0.25) is 4.79 Å². The average Bonchev–Trinajstić information content (AvgIpc) is 2.69. The summed E-state index contributed by atoms with van der Waals surface area (Å²) in [7, 11) is 0. The highest BCUT2D eigenvalue weighted by Crippen LogP contribution is 2.24. The summed E-state index contributed by atoms with van der Waals surface area (Å²) in [5, 5.41) is 0. The van der Waals surface area contributed by atoms with Crippen LogP contribution < -0.4 is 5.73 Å². The van der Waals surface area contributed by atoms with Crippen LogP contribution in [0.5, 0.6) is 0 Å². The van der Waals surface area contributed by atoms with Crippen molar-refractivity contribution in [3.8, 4) is 0 Å². The number of nitrogens with zero attached hydrogens (tertiary/aromatic N) is 1. The van der Waals surface area contributed by atoms with E-state index < -0.39 is 0 Å². The number of amides is 1. The van der Waals surface area contributed by atoms with Crippen LogP contribution in [0.25, 0.3) is 0 Å². The molecule has 1 amide bonds. The third-order valence-corrected chi connectivity index (χ3v) is 4.00. The lowest BCUT2D eigenvalue weighted by Crippen LogP contribution is -2.34. The van der Waals surface area contributed by atoms with E-state index in [0.717, 1.165) is 22.1 Å². The summed E-state index contributed by atoms with van der Waals surface area (Å²) in [6.07, 6.45) is 1.02. The molecular weight excluding hydrogens is 363 g/mol. The number of likely N-dealkylation sites (tertiary alicyclic amines) is 1. The largest absolute Gasteiger partial charge is 0.336 e. The molecule has 1 aliphatic rings. The summed E-state index contributed by atoms with van der Waals surface area (Å²) in [5.41, 5.74) is 6.46. The first kappa shape index (κ1) is 15.7. The Morgan fingerprint density at radius 1 is 1.56 bits per heavy atom. The zero-order chi connectivity index (χ0) is 12.4. The molecule has 2 unspecified atom stereocenters. The van der Waals surface area contributed by atoms with E-state index in [1.807, 2.05) is 29.2 Å².